The van der Waals surface area contributed by atoms with Crippen LogP contribution in [0.4, 0.5) is 0 Å². The monoisotopic (exact) mass is 470 g/mol. The number of hydrogen-bond acceptors (Lipinski definition) is 5. The fourth-order valence-electron chi connectivity index (χ4n) is 4.55. The van der Waals surface area contributed by atoms with Gasteiger partial charge in [-0.2, -0.15) is 4.31 Å². The minimum absolute atomic E-state index is 0.0225. The number of rotatable bonds is 6. The van der Waals surface area contributed by atoms with Crippen molar-refractivity contribution in [2.45, 2.75) is 31.7 Å². The third-order valence-corrected chi connectivity index (χ3v) is 7.89. The molecule has 1 saturated heterocycles. The summed E-state index contributed by atoms with van der Waals surface area (Å²) in [7, 11) is -0.705. The number of ether oxygens (including phenoxy) is 1. The number of H-pyrrole nitrogens is 1. The molecule has 33 heavy (non-hydrogen) atoms. The maximum Gasteiger partial charge on any atom is 0.254 e. The quantitative estimate of drug-likeness (QED) is 0.595. The van der Waals surface area contributed by atoms with Crippen molar-refractivity contribution in [2.75, 3.05) is 27.2 Å². The molecule has 1 aliphatic heterocycles. The van der Waals surface area contributed by atoms with E-state index in [0.29, 0.717) is 18.9 Å². The van der Waals surface area contributed by atoms with Gasteiger partial charge in [-0.3, -0.25) is 4.79 Å². The number of imidazole rings is 1. The van der Waals surface area contributed by atoms with Crippen molar-refractivity contribution < 1.29 is 17.9 Å². The van der Waals surface area contributed by atoms with Gasteiger partial charge in [0.05, 0.1) is 24.7 Å². The number of carbonyl (C=O) groups is 1. The Kier molecular flexibility index (Phi) is 6.45. The highest BCUT2D eigenvalue weighted by atomic mass is 32.2. The average molecular weight is 471 g/mol. The van der Waals surface area contributed by atoms with E-state index < -0.39 is 10.0 Å². The number of methoxy groups -OCH3 is 1. The Bertz CT molecular complexity index is 1230. The lowest BCUT2D eigenvalue weighted by molar-refractivity contribution is 0.0781. The van der Waals surface area contributed by atoms with Crippen LogP contribution in [0.15, 0.2) is 47.4 Å². The van der Waals surface area contributed by atoms with E-state index in [9.17, 15) is 13.2 Å². The molecule has 0 aliphatic carbocycles. The van der Waals surface area contributed by atoms with Crippen LogP contribution in [-0.4, -0.2) is 60.7 Å². The number of piperidine rings is 1. The summed E-state index contributed by atoms with van der Waals surface area (Å²) in [4.78, 5) is 22.4. The zero-order valence-electron chi connectivity index (χ0n) is 19.4. The van der Waals surface area contributed by atoms with Gasteiger partial charge in [-0.15, -0.1) is 0 Å². The molecule has 0 radical (unpaired) electrons. The number of nitrogens with zero attached hydrogens (tertiary/aromatic N) is 3. The largest absolute Gasteiger partial charge is 0.495 e. The van der Waals surface area contributed by atoms with E-state index in [0.717, 1.165) is 17.5 Å². The summed E-state index contributed by atoms with van der Waals surface area (Å²) in [6.45, 7) is 5.30. The van der Waals surface area contributed by atoms with Crippen molar-refractivity contribution in [1.29, 1.82) is 0 Å². The molecule has 3 aromatic rings. The number of amides is 1. The van der Waals surface area contributed by atoms with Gasteiger partial charge in [0.1, 0.15) is 16.5 Å². The van der Waals surface area contributed by atoms with Crippen LogP contribution in [-0.2, 0) is 16.6 Å². The minimum atomic E-state index is -3.81. The molecule has 1 aliphatic rings. The molecule has 8 nitrogen and oxygen atoms in total. The van der Waals surface area contributed by atoms with Crippen molar-refractivity contribution in [3.8, 4) is 5.75 Å². The normalized spacial score (nSPS) is 19.5. The highest BCUT2D eigenvalue weighted by molar-refractivity contribution is 7.89. The van der Waals surface area contributed by atoms with Gasteiger partial charge >= 0.3 is 0 Å². The van der Waals surface area contributed by atoms with E-state index >= 15 is 0 Å². The first kappa shape index (κ1) is 23.3. The smallest absolute Gasteiger partial charge is 0.254 e. The van der Waals surface area contributed by atoms with Crippen molar-refractivity contribution in [2.24, 2.45) is 11.8 Å². The van der Waals surface area contributed by atoms with Gasteiger partial charge in [-0.25, -0.2) is 13.4 Å². The Balaban J connectivity index is 1.60. The predicted octanol–water partition coefficient (Wildman–Crippen LogP) is 3.51. The molecule has 2 unspecified atom stereocenters. The van der Waals surface area contributed by atoms with Crippen LogP contribution < -0.4 is 4.74 Å². The fraction of sp³-hybridized carbons (Fsp3) is 0.417. The van der Waals surface area contributed by atoms with Crippen LogP contribution in [0.25, 0.3) is 11.0 Å². The fourth-order valence-corrected chi connectivity index (χ4v) is 6.41. The Morgan fingerprint density at radius 3 is 2.55 bits per heavy atom. The minimum Gasteiger partial charge on any atom is -0.495 e. The molecular formula is C24H30N4O4S. The van der Waals surface area contributed by atoms with Crippen LogP contribution in [0.2, 0.25) is 0 Å². The first-order valence-corrected chi connectivity index (χ1v) is 12.5. The second-order valence-corrected chi connectivity index (χ2v) is 10.9. The zero-order valence-corrected chi connectivity index (χ0v) is 20.2. The molecule has 1 N–H and O–H groups in total. The van der Waals surface area contributed by atoms with Crippen LogP contribution >= 0.6 is 0 Å². The van der Waals surface area contributed by atoms with Crippen LogP contribution in [0, 0.1) is 11.8 Å². The third-order valence-electron chi connectivity index (χ3n) is 6.04. The lowest BCUT2D eigenvalue weighted by atomic mass is 9.94. The molecule has 9 heteroatoms. The molecule has 0 spiro atoms. The Hall–Kier alpha value is -2.91. The summed E-state index contributed by atoms with van der Waals surface area (Å²) in [5, 5.41) is 0. The van der Waals surface area contributed by atoms with Gasteiger partial charge in [0, 0.05) is 25.7 Å². The Labute approximate surface area is 194 Å². The van der Waals surface area contributed by atoms with E-state index in [1.165, 1.54) is 22.4 Å². The lowest BCUT2D eigenvalue weighted by Gasteiger charge is -2.34. The van der Waals surface area contributed by atoms with Crippen LogP contribution in [0.3, 0.4) is 0 Å². The Morgan fingerprint density at radius 2 is 1.88 bits per heavy atom. The maximum absolute atomic E-state index is 13.5. The third kappa shape index (κ3) is 4.74. The summed E-state index contributed by atoms with van der Waals surface area (Å²) in [6.07, 6.45) is 0.994. The number of carbonyl (C=O) groups excluding carboxylic acids is 1. The lowest BCUT2D eigenvalue weighted by Crippen LogP contribution is -2.42. The standard InChI is InChI=1S/C24H30N4O4S/c1-16-11-17(2)14-28(13-16)33(30,31)22-12-18(9-10-21(22)32-4)24(29)27(3)15-23-25-19-7-5-6-8-20(19)26-23/h5-10,12,16-17H,11,13-15H2,1-4H3,(H,25,26). The van der Waals surface area contributed by atoms with Gasteiger partial charge in [0.25, 0.3) is 5.91 Å². The first-order valence-electron chi connectivity index (χ1n) is 11.1. The zero-order chi connectivity index (χ0) is 23.8. The van der Waals surface area contributed by atoms with Gasteiger partial charge in [0.15, 0.2) is 0 Å². The number of benzene rings is 2. The van der Waals surface area contributed by atoms with Crippen molar-refractivity contribution in [3.63, 3.8) is 0 Å². The number of sulfonamides is 1. The molecule has 1 aromatic heterocycles. The maximum atomic E-state index is 13.5. The van der Waals surface area contributed by atoms with Crippen LogP contribution in [0.5, 0.6) is 5.75 Å². The molecule has 176 valence electrons. The SMILES string of the molecule is COc1ccc(C(=O)N(C)Cc2nc3ccccc3[nH]2)cc1S(=O)(=O)N1CC(C)CC(C)C1. The number of aromatic amines is 1. The van der Waals surface area contributed by atoms with E-state index in [2.05, 4.69) is 23.8 Å². The van der Waals surface area contributed by atoms with Gasteiger partial charge in [-0.1, -0.05) is 26.0 Å². The van der Waals surface area contributed by atoms with Crippen molar-refractivity contribution in [1.82, 2.24) is 19.2 Å². The van der Waals surface area contributed by atoms with Crippen LogP contribution in [0.1, 0.15) is 36.5 Å². The van der Waals surface area contributed by atoms with Gasteiger partial charge in [-0.05, 0) is 48.6 Å². The van der Waals surface area contributed by atoms with Crippen molar-refractivity contribution in [3.05, 3.63) is 53.9 Å². The summed E-state index contributed by atoms with van der Waals surface area (Å²) in [5.74, 6) is 1.14. The summed E-state index contributed by atoms with van der Waals surface area (Å²) in [6, 6.07) is 12.2. The molecule has 0 bridgehead atoms. The summed E-state index contributed by atoms with van der Waals surface area (Å²) in [5.41, 5.74) is 2.01. The average Bonchev–Trinajstić information content (AvgIpc) is 3.19. The number of fused-ring (bicyclic) bond motifs is 1. The number of para-hydroxylation sites is 2. The van der Waals surface area contributed by atoms with Crippen molar-refractivity contribution >= 4 is 27.0 Å². The molecule has 2 heterocycles. The molecular weight excluding hydrogens is 440 g/mol. The summed E-state index contributed by atoms with van der Waals surface area (Å²) < 4.78 is 33.9. The Morgan fingerprint density at radius 1 is 1.18 bits per heavy atom. The van der Waals surface area contributed by atoms with E-state index in [1.54, 1.807) is 19.2 Å². The topological polar surface area (TPSA) is 95.6 Å². The summed E-state index contributed by atoms with van der Waals surface area (Å²) >= 11 is 0. The van der Waals surface area contributed by atoms with E-state index in [4.69, 9.17) is 4.74 Å². The number of aromatic nitrogens is 2. The second-order valence-electron chi connectivity index (χ2n) is 9.00. The van der Waals surface area contributed by atoms with E-state index in [1.807, 2.05) is 24.3 Å². The first-order chi connectivity index (χ1) is 15.7. The molecule has 4 rings (SSSR count). The highest BCUT2D eigenvalue weighted by Gasteiger charge is 2.34. The second kappa shape index (κ2) is 9.15. The van der Waals surface area contributed by atoms with E-state index in [-0.39, 0.29) is 40.5 Å². The predicted molar refractivity (Wildman–Crippen MR) is 127 cm³/mol. The molecule has 0 saturated carbocycles. The van der Waals surface area contributed by atoms with Gasteiger partial charge in [0.2, 0.25) is 10.0 Å². The highest BCUT2D eigenvalue weighted by Crippen LogP contribution is 2.32. The molecule has 1 amide bonds. The number of nitrogens with one attached hydrogen (secondary N) is 1. The van der Waals surface area contributed by atoms with Gasteiger partial charge < -0.3 is 14.6 Å². The molecule has 2 aromatic carbocycles. The number of hydrogen-bond donors (Lipinski definition) is 1. The molecule has 2 atom stereocenters. The molecule has 1 fully saturated rings.